The third kappa shape index (κ3) is 2.26. The summed E-state index contributed by atoms with van der Waals surface area (Å²) in [5.41, 5.74) is 0.150. The number of carbonyl (C=O) groups is 1. The number of aromatic nitrogens is 1. The van der Waals surface area contributed by atoms with Gasteiger partial charge in [0.1, 0.15) is 17.2 Å². The van der Waals surface area contributed by atoms with Crippen molar-refractivity contribution in [3.05, 3.63) is 63.8 Å². The maximum absolute atomic E-state index is 14.6. The molecule has 2 heterocycles. The Morgan fingerprint density at radius 1 is 1.20 bits per heavy atom. The van der Waals surface area contributed by atoms with Crippen molar-refractivity contribution < 1.29 is 18.7 Å². The Labute approximate surface area is 144 Å². The van der Waals surface area contributed by atoms with Crippen LogP contribution >= 0.6 is 11.8 Å². The van der Waals surface area contributed by atoms with Gasteiger partial charge in [0.25, 0.3) is 0 Å². The highest BCUT2D eigenvalue weighted by molar-refractivity contribution is 8.00. The Kier molecular flexibility index (Phi) is 3.43. The zero-order valence-corrected chi connectivity index (χ0v) is 13.7. The Balaban J connectivity index is 2.07. The molecule has 1 N–H and O–H groups in total. The number of pyridine rings is 1. The second-order valence-electron chi connectivity index (χ2n) is 5.76. The first-order valence-corrected chi connectivity index (χ1v) is 8.34. The standard InChI is InChI=1S/C18H11F2NO3S/c1-8-21-14-7-11(9-2-4-10(19)5-3-9)13(20)6-12(14)16(22)15(18(23)24)17(21)25-8/h2-8H,1H3,(H,23,24). The summed E-state index contributed by atoms with van der Waals surface area (Å²) in [5, 5.41) is 9.65. The molecule has 0 radical (unpaired) electrons. The number of fused-ring (bicyclic) bond motifs is 3. The summed E-state index contributed by atoms with van der Waals surface area (Å²) in [5.74, 6) is -2.41. The molecule has 0 fully saturated rings. The van der Waals surface area contributed by atoms with Crippen molar-refractivity contribution in [2.75, 3.05) is 0 Å². The molecule has 7 heteroatoms. The summed E-state index contributed by atoms with van der Waals surface area (Å²) in [4.78, 5) is 23.9. The molecular formula is C18H11F2NO3S. The van der Waals surface area contributed by atoms with Crippen LogP contribution in [0.5, 0.6) is 0 Å². The molecule has 0 bridgehead atoms. The highest BCUT2D eigenvalue weighted by Crippen LogP contribution is 2.46. The molecule has 1 aliphatic rings. The number of halogens is 2. The summed E-state index contributed by atoms with van der Waals surface area (Å²) < 4.78 is 29.4. The fourth-order valence-corrected chi connectivity index (χ4v) is 4.24. The number of nitrogens with zero attached hydrogens (tertiary/aromatic N) is 1. The number of hydrogen-bond donors (Lipinski definition) is 1. The summed E-state index contributed by atoms with van der Waals surface area (Å²) in [7, 11) is 0. The number of rotatable bonds is 2. The Hall–Kier alpha value is -2.67. The second kappa shape index (κ2) is 5.42. The van der Waals surface area contributed by atoms with Gasteiger partial charge in [0.2, 0.25) is 5.43 Å². The fraction of sp³-hybridized carbons (Fsp3) is 0.111. The molecule has 4 nitrogen and oxygen atoms in total. The SMILES string of the molecule is CC1Sc2c(C(=O)O)c(=O)c3cc(F)c(-c4ccc(F)cc4)cc3n21. The van der Waals surface area contributed by atoms with Gasteiger partial charge in [-0.25, -0.2) is 13.6 Å². The van der Waals surface area contributed by atoms with Crippen LogP contribution in [0.25, 0.3) is 22.0 Å². The van der Waals surface area contributed by atoms with E-state index in [4.69, 9.17) is 0 Å². The molecule has 1 aromatic heterocycles. The van der Waals surface area contributed by atoms with E-state index in [9.17, 15) is 23.5 Å². The second-order valence-corrected chi connectivity index (χ2v) is 7.06. The van der Waals surface area contributed by atoms with Gasteiger partial charge in [-0.3, -0.25) is 4.79 Å². The van der Waals surface area contributed by atoms with Gasteiger partial charge in [-0.15, -0.1) is 0 Å². The average molecular weight is 359 g/mol. The lowest BCUT2D eigenvalue weighted by Gasteiger charge is -2.32. The minimum absolute atomic E-state index is 0.0247. The molecule has 0 saturated heterocycles. The summed E-state index contributed by atoms with van der Waals surface area (Å²) in [6, 6.07) is 7.96. The zero-order valence-electron chi connectivity index (χ0n) is 12.9. The number of thioether (sulfide) groups is 1. The van der Waals surface area contributed by atoms with Gasteiger partial charge >= 0.3 is 5.97 Å². The summed E-state index contributed by atoms with van der Waals surface area (Å²) in [6.07, 6.45) is 0. The van der Waals surface area contributed by atoms with E-state index in [1.165, 1.54) is 42.1 Å². The molecule has 126 valence electrons. The van der Waals surface area contributed by atoms with Gasteiger partial charge in [0, 0.05) is 10.9 Å². The Bertz CT molecular complexity index is 1110. The maximum Gasteiger partial charge on any atom is 0.342 e. The van der Waals surface area contributed by atoms with Gasteiger partial charge in [0.15, 0.2) is 0 Å². The van der Waals surface area contributed by atoms with E-state index in [0.29, 0.717) is 16.1 Å². The van der Waals surface area contributed by atoms with Crippen LogP contribution in [-0.2, 0) is 0 Å². The topological polar surface area (TPSA) is 59.3 Å². The monoisotopic (exact) mass is 359 g/mol. The molecule has 0 spiro atoms. The molecule has 25 heavy (non-hydrogen) atoms. The molecule has 0 amide bonds. The first-order chi connectivity index (χ1) is 11.9. The largest absolute Gasteiger partial charge is 0.477 e. The highest BCUT2D eigenvalue weighted by Gasteiger charge is 2.33. The van der Waals surface area contributed by atoms with Crippen LogP contribution in [0.3, 0.4) is 0 Å². The van der Waals surface area contributed by atoms with Crippen LogP contribution in [0.4, 0.5) is 8.78 Å². The molecule has 0 aliphatic carbocycles. The van der Waals surface area contributed by atoms with Crippen LogP contribution in [0.2, 0.25) is 0 Å². The number of aromatic carboxylic acids is 1. The van der Waals surface area contributed by atoms with Crippen LogP contribution in [0.1, 0.15) is 22.7 Å². The fourth-order valence-electron chi connectivity index (χ4n) is 3.09. The molecule has 1 atom stereocenters. The van der Waals surface area contributed by atoms with Gasteiger partial charge < -0.3 is 9.67 Å². The minimum Gasteiger partial charge on any atom is -0.477 e. The highest BCUT2D eigenvalue weighted by atomic mass is 32.2. The molecule has 1 aliphatic heterocycles. The lowest BCUT2D eigenvalue weighted by Crippen LogP contribution is -2.28. The molecule has 0 saturated carbocycles. The maximum atomic E-state index is 14.6. The lowest BCUT2D eigenvalue weighted by molar-refractivity contribution is 0.0689. The molecular weight excluding hydrogens is 348 g/mol. The van der Waals surface area contributed by atoms with Crippen LogP contribution in [0.15, 0.2) is 46.2 Å². The average Bonchev–Trinajstić information content (AvgIpc) is 2.55. The van der Waals surface area contributed by atoms with Crippen molar-refractivity contribution >= 4 is 28.6 Å². The van der Waals surface area contributed by atoms with Crippen LogP contribution in [0, 0.1) is 11.6 Å². The first kappa shape index (κ1) is 15.8. The van der Waals surface area contributed by atoms with Crippen LogP contribution in [-0.4, -0.2) is 15.6 Å². The van der Waals surface area contributed by atoms with Crippen molar-refractivity contribution in [2.24, 2.45) is 0 Å². The number of carboxylic acids is 1. The van der Waals surface area contributed by atoms with E-state index in [0.717, 1.165) is 6.07 Å². The van der Waals surface area contributed by atoms with E-state index < -0.39 is 23.0 Å². The predicted octanol–water partition coefficient (Wildman–Crippen LogP) is 4.27. The van der Waals surface area contributed by atoms with E-state index >= 15 is 0 Å². The smallest absolute Gasteiger partial charge is 0.342 e. The van der Waals surface area contributed by atoms with Crippen LogP contribution < -0.4 is 5.43 Å². The van der Waals surface area contributed by atoms with Crippen molar-refractivity contribution in [3.63, 3.8) is 0 Å². The number of hydrogen-bond acceptors (Lipinski definition) is 3. The third-order valence-corrected chi connectivity index (χ3v) is 5.44. The van der Waals surface area contributed by atoms with Gasteiger partial charge in [-0.2, -0.15) is 0 Å². The van der Waals surface area contributed by atoms with E-state index in [-0.39, 0.29) is 21.9 Å². The van der Waals surface area contributed by atoms with E-state index in [1.54, 1.807) is 4.57 Å². The Morgan fingerprint density at radius 3 is 2.48 bits per heavy atom. The van der Waals surface area contributed by atoms with Crippen molar-refractivity contribution in [1.82, 2.24) is 4.57 Å². The number of carboxylic acid groups (broad SMARTS) is 1. The summed E-state index contributed by atoms with van der Waals surface area (Å²) >= 11 is 1.28. The third-order valence-electron chi connectivity index (χ3n) is 4.26. The first-order valence-electron chi connectivity index (χ1n) is 7.46. The predicted molar refractivity (Wildman–Crippen MR) is 91.1 cm³/mol. The Morgan fingerprint density at radius 2 is 1.88 bits per heavy atom. The molecule has 2 aromatic carbocycles. The van der Waals surface area contributed by atoms with Crippen molar-refractivity contribution in [1.29, 1.82) is 0 Å². The number of benzene rings is 2. The van der Waals surface area contributed by atoms with Gasteiger partial charge in [0.05, 0.1) is 15.9 Å². The molecule has 1 unspecified atom stereocenters. The minimum atomic E-state index is -1.32. The van der Waals surface area contributed by atoms with Gasteiger partial charge in [-0.05, 0) is 36.8 Å². The van der Waals surface area contributed by atoms with Gasteiger partial charge in [-0.1, -0.05) is 23.9 Å². The van der Waals surface area contributed by atoms with E-state index in [2.05, 4.69) is 0 Å². The molecule has 3 aromatic rings. The summed E-state index contributed by atoms with van der Waals surface area (Å²) in [6.45, 7) is 1.87. The lowest BCUT2D eigenvalue weighted by atomic mass is 10.0. The quantitative estimate of drug-likeness (QED) is 0.742. The normalized spacial score (nSPS) is 15.7. The zero-order chi connectivity index (χ0) is 17.9. The molecule has 4 rings (SSSR count). The van der Waals surface area contributed by atoms with E-state index in [1.807, 2.05) is 6.92 Å². The van der Waals surface area contributed by atoms with Crippen molar-refractivity contribution in [2.45, 2.75) is 17.3 Å². The van der Waals surface area contributed by atoms with Crippen molar-refractivity contribution in [3.8, 4) is 11.1 Å².